The quantitative estimate of drug-likeness (QED) is 0.564. The van der Waals surface area contributed by atoms with Crippen molar-refractivity contribution in [2.75, 3.05) is 0 Å². The van der Waals surface area contributed by atoms with Crippen LogP contribution < -0.4 is 0 Å². The number of hydrogen-bond donors (Lipinski definition) is 0. The molecule has 0 saturated carbocycles. The molecular weight excluding hydrogens is 316 g/mol. The number of aldehydes is 1. The first-order valence-electron chi connectivity index (χ1n) is 4.78. The van der Waals surface area contributed by atoms with Gasteiger partial charge in [-0.15, -0.1) is 0 Å². The van der Waals surface area contributed by atoms with Gasteiger partial charge in [0.1, 0.15) is 5.69 Å². The van der Waals surface area contributed by atoms with E-state index in [9.17, 15) is 4.79 Å². The van der Waals surface area contributed by atoms with Crippen LogP contribution in [0.15, 0.2) is 24.4 Å². The second-order valence-corrected chi connectivity index (χ2v) is 5.11. The summed E-state index contributed by atoms with van der Waals surface area (Å²) in [5, 5.41) is 1.45. The fourth-order valence-electron chi connectivity index (χ4n) is 1.49. The van der Waals surface area contributed by atoms with Crippen molar-refractivity contribution in [3.8, 4) is 11.1 Å². The van der Waals surface area contributed by atoms with Crippen LogP contribution >= 0.6 is 46.4 Å². The van der Waals surface area contributed by atoms with Gasteiger partial charge in [-0.05, 0) is 18.2 Å². The highest BCUT2D eigenvalue weighted by atomic mass is 35.5. The largest absolute Gasteiger partial charge is 0.296 e. The molecule has 18 heavy (non-hydrogen) atoms. The van der Waals surface area contributed by atoms with Crippen molar-refractivity contribution in [1.29, 1.82) is 0 Å². The number of pyridine rings is 1. The maximum atomic E-state index is 11.0. The molecule has 0 aliphatic rings. The van der Waals surface area contributed by atoms with Crippen LogP contribution in [0.1, 0.15) is 10.5 Å². The van der Waals surface area contributed by atoms with Crippen molar-refractivity contribution in [3.63, 3.8) is 0 Å². The van der Waals surface area contributed by atoms with Gasteiger partial charge < -0.3 is 0 Å². The fraction of sp³-hybridized carbons (Fsp3) is 0. The number of hydrogen-bond acceptors (Lipinski definition) is 2. The van der Waals surface area contributed by atoms with Crippen molar-refractivity contribution in [3.05, 3.63) is 50.2 Å². The van der Waals surface area contributed by atoms with E-state index in [1.54, 1.807) is 12.1 Å². The number of carbonyl (C=O) groups is 1. The standard InChI is InChI=1S/C12H5Cl4NO/c13-6-1-8(12(5-18)17-4-6)7-2-10(15)11(16)3-9(7)14/h1-5H. The number of rotatable bonds is 2. The molecule has 1 aromatic carbocycles. The Morgan fingerprint density at radius 1 is 0.889 bits per heavy atom. The lowest BCUT2D eigenvalue weighted by molar-refractivity contribution is 0.111. The van der Waals surface area contributed by atoms with E-state index >= 15 is 0 Å². The van der Waals surface area contributed by atoms with Gasteiger partial charge in [-0.3, -0.25) is 9.78 Å². The first-order valence-corrected chi connectivity index (χ1v) is 6.29. The summed E-state index contributed by atoms with van der Waals surface area (Å²) in [6.45, 7) is 0. The minimum absolute atomic E-state index is 0.236. The maximum absolute atomic E-state index is 11.0. The zero-order chi connectivity index (χ0) is 13.3. The normalized spacial score (nSPS) is 10.4. The third-order valence-corrected chi connectivity index (χ3v) is 3.54. The lowest BCUT2D eigenvalue weighted by Crippen LogP contribution is -1.93. The maximum Gasteiger partial charge on any atom is 0.169 e. The van der Waals surface area contributed by atoms with Gasteiger partial charge in [0.2, 0.25) is 0 Å². The summed E-state index contributed by atoms with van der Waals surface area (Å²) in [5.74, 6) is 0. The van der Waals surface area contributed by atoms with Crippen LogP contribution in [0.2, 0.25) is 20.1 Å². The van der Waals surface area contributed by atoms with Crippen molar-refractivity contribution >= 4 is 52.7 Å². The second kappa shape index (κ2) is 5.45. The number of carbonyl (C=O) groups excluding carboxylic acids is 1. The van der Waals surface area contributed by atoms with E-state index in [1.165, 1.54) is 12.3 Å². The van der Waals surface area contributed by atoms with Gasteiger partial charge in [0, 0.05) is 17.3 Å². The molecule has 1 heterocycles. The summed E-state index contributed by atoms with van der Waals surface area (Å²) < 4.78 is 0. The van der Waals surface area contributed by atoms with Crippen LogP contribution in [0.25, 0.3) is 11.1 Å². The SMILES string of the molecule is O=Cc1ncc(Cl)cc1-c1cc(Cl)c(Cl)cc1Cl. The van der Waals surface area contributed by atoms with Gasteiger partial charge in [0.25, 0.3) is 0 Å². The molecule has 0 aliphatic heterocycles. The van der Waals surface area contributed by atoms with Crippen LogP contribution in [0.5, 0.6) is 0 Å². The molecule has 2 nitrogen and oxygen atoms in total. The van der Waals surface area contributed by atoms with Gasteiger partial charge in [-0.25, -0.2) is 0 Å². The van der Waals surface area contributed by atoms with Crippen molar-refractivity contribution < 1.29 is 4.79 Å². The molecular formula is C12H5Cl4NO. The van der Waals surface area contributed by atoms with E-state index in [0.29, 0.717) is 37.5 Å². The molecule has 2 rings (SSSR count). The highest BCUT2D eigenvalue weighted by Gasteiger charge is 2.13. The molecule has 2 aromatic rings. The molecule has 0 atom stereocenters. The van der Waals surface area contributed by atoms with Crippen LogP contribution in [0, 0.1) is 0 Å². The molecule has 0 bridgehead atoms. The second-order valence-electron chi connectivity index (χ2n) is 3.45. The Hall–Kier alpha value is -0.800. The van der Waals surface area contributed by atoms with Crippen LogP contribution in [0.3, 0.4) is 0 Å². The summed E-state index contributed by atoms with van der Waals surface area (Å²) in [7, 11) is 0. The zero-order valence-electron chi connectivity index (χ0n) is 8.75. The molecule has 0 N–H and O–H groups in total. The Kier molecular flexibility index (Phi) is 4.13. The molecule has 6 heteroatoms. The van der Waals surface area contributed by atoms with Crippen molar-refractivity contribution in [2.45, 2.75) is 0 Å². The molecule has 0 spiro atoms. The molecule has 0 amide bonds. The van der Waals surface area contributed by atoms with Crippen molar-refractivity contribution in [1.82, 2.24) is 4.98 Å². The Morgan fingerprint density at radius 2 is 1.56 bits per heavy atom. The van der Waals surface area contributed by atoms with Gasteiger partial charge in [0.15, 0.2) is 6.29 Å². The van der Waals surface area contributed by atoms with E-state index < -0.39 is 0 Å². The lowest BCUT2D eigenvalue weighted by atomic mass is 10.0. The number of aromatic nitrogens is 1. The first-order chi connectivity index (χ1) is 8.52. The van der Waals surface area contributed by atoms with E-state index in [2.05, 4.69) is 4.98 Å². The summed E-state index contributed by atoms with van der Waals surface area (Å²) >= 11 is 23.7. The minimum Gasteiger partial charge on any atom is -0.296 e. The zero-order valence-corrected chi connectivity index (χ0v) is 11.8. The Bertz CT molecular complexity index is 628. The third-order valence-electron chi connectivity index (χ3n) is 2.30. The summed E-state index contributed by atoms with van der Waals surface area (Å²) in [4.78, 5) is 14.9. The first kappa shape index (κ1) is 13.6. The van der Waals surface area contributed by atoms with Gasteiger partial charge in [0.05, 0.1) is 20.1 Å². The fourth-order valence-corrected chi connectivity index (χ4v) is 2.29. The van der Waals surface area contributed by atoms with Crippen LogP contribution in [-0.4, -0.2) is 11.3 Å². The Labute approximate surface area is 123 Å². The molecule has 0 unspecified atom stereocenters. The van der Waals surface area contributed by atoms with E-state index in [-0.39, 0.29) is 5.69 Å². The van der Waals surface area contributed by atoms with Gasteiger partial charge in [-0.1, -0.05) is 46.4 Å². The Morgan fingerprint density at radius 3 is 2.22 bits per heavy atom. The molecule has 1 aromatic heterocycles. The average molecular weight is 321 g/mol. The molecule has 0 fully saturated rings. The van der Waals surface area contributed by atoms with E-state index in [0.717, 1.165) is 0 Å². The third kappa shape index (κ3) is 2.62. The monoisotopic (exact) mass is 319 g/mol. The lowest BCUT2D eigenvalue weighted by Gasteiger charge is -2.08. The van der Waals surface area contributed by atoms with E-state index in [1.807, 2.05) is 0 Å². The average Bonchev–Trinajstić information content (AvgIpc) is 2.34. The predicted octanol–water partition coefficient (Wildman–Crippen LogP) is 5.17. The Balaban J connectivity index is 2.72. The number of halogens is 4. The van der Waals surface area contributed by atoms with Crippen LogP contribution in [-0.2, 0) is 0 Å². The molecule has 92 valence electrons. The number of benzene rings is 1. The van der Waals surface area contributed by atoms with E-state index in [4.69, 9.17) is 46.4 Å². The molecule has 0 radical (unpaired) electrons. The van der Waals surface area contributed by atoms with Gasteiger partial charge >= 0.3 is 0 Å². The summed E-state index contributed by atoms with van der Waals surface area (Å²) in [5.41, 5.74) is 1.31. The molecule has 0 saturated heterocycles. The van der Waals surface area contributed by atoms with Crippen LogP contribution in [0.4, 0.5) is 0 Å². The number of nitrogens with zero attached hydrogens (tertiary/aromatic N) is 1. The summed E-state index contributed by atoms with van der Waals surface area (Å²) in [6, 6.07) is 4.69. The summed E-state index contributed by atoms with van der Waals surface area (Å²) in [6.07, 6.45) is 2.02. The minimum atomic E-state index is 0.236. The molecule has 0 aliphatic carbocycles. The highest BCUT2D eigenvalue weighted by molar-refractivity contribution is 6.44. The van der Waals surface area contributed by atoms with Gasteiger partial charge in [-0.2, -0.15) is 0 Å². The topological polar surface area (TPSA) is 30.0 Å². The highest BCUT2D eigenvalue weighted by Crippen LogP contribution is 2.36. The smallest absolute Gasteiger partial charge is 0.169 e. The predicted molar refractivity (Wildman–Crippen MR) is 75.1 cm³/mol. The van der Waals surface area contributed by atoms with Crippen molar-refractivity contribution in [2.24, 2.45) is 0 Å².